The average Bonchev–Trinajstić information content (AvgIpc) is 3.39. The van der Waals surface area contributed by atoms with Crippen LogP contribution in [0.4, 0.5) is 0 Å². The number of thiophene rings is 1. The van der Waals surface area contributed by atoms with Crippen LogP contribution in [0.3, 0.4) is 0 Å². The lowest BCUT2D eigenvalue weighted by Gasteiger charge is -2.29. The summed E-state index contributed by atoms with van der Waals surface area (Å²) >= 11 is 2.69. The third-order valence-corrected chi connectivity index (χ3v) is 9.92. The number of thiazole rings is 1. The zero-order valence-corrected chi connectivity index (χ0v) is 20.0. The number of allylic oxidation sites excluding steroid dienone is 1. The van der Waals surface area contributed by atoms with Crippen molar-refractivity contribution in [3.8, 4) is 0 Å². The van der Waals surface area contributed by atoms with Crippen LogP contribution in [0.25, 0.3) is 10.2 Å². The molecule has 0 N–H and O–H groups in total. The van der Waals surface area contributed by atoms with Gasteiger partial charge in [0.15, 0.2) is 4.80 Å². The molecule has 3 aromatic rings. The van der Waals surface area contributed by atoms with E-state index in [-0.39, 0.29) is 12.5 Å². The number of sulfonamides is 1. The van der Waals surface area contributed by atoms with Crippen molar-refractivity contribution in [2.24, 2.45) is 10.9 Å². The summed E-state index contributed by atoms with van der Waals surface area (Å²) in [5.41, 5.74) is 3.34. The van der Waals surface area contributed by atoms with Crippen LogP contribution in [-0.2, 0) is 21.4 Å². The van der Waals surface area contributed by atoms with Crippen LogP contribution in [-0.4, -0.2) is 36.3 Å². The van der Waals surface area contributed by atoms with E-state index in [0.717, 1.165) is 21.3 Å². The van der Waals surface area contributed by atoms with Crippen LogP contribution in [0.2, 0.25) is 0 Å². The molecule has 1 aromatic carbocycles. The molecule has 6 nitrogen and oxygen atoms in total. The number of aromatic nitrogens is 1. The highest BCUT2D eigenvalue weighted by atomic mass is 32.2. The largest absolute Gasteiger partial charge is 0.312 e. The number of amides is 1. The Balaban J connectivity index is 1.67. The van der Waals surface area contributed by atoms with Crippen molar-refractivity contribution in [2.45, 2.75) is 37.4 Å². The summed E-state index contributed by atoms with van der Waals surface area (Å²) < 4.78 is 30.6. The minimum Gasteiger partial charge on any atom is -0.312 e. The van der Waals surface area contributed by atoms with Gasteiger partial charge in [0.05, 0.1) is 16.1 Å². The third kappa shape index (κ3) is 4.32. The lowest BCUT2D eigenvalue weighted by atomic mass is 9.99. The summed E-state index contributed by atoms with van der Waals surface area (Å²) in [5.74, 6) is -0.696. The fourth-order valence-corrected chi connectivity index (χ4v) is 7.75. The smallest absolute Gasteiger partial charge is 0.252 e. The summed E-state index contributed by atoms with van der Waals surface area (Å²) in [7, 11) is -3.56. The van der Waals surface area contributed by atoms with Gasteiger partial charge in [0.25, 0.3) is 15.9 Å². The van der Waals surface area contributed by atoms with E-state index in [2.05, 4.69) is 37.6 Å². The highest BCUT2D eigenvalue weighted by Gasteiger charge is 2.33. The molecule has 4 rings (SSSR count). The third-order valence-electron chi connectivity index (χ3n) is 5.45. The number of carbonyl (C=O) groups is 1. The second-order valence-electron chi connectivity index (χ2n) is 7.80. The average molecular weight is 476 g/mol. The Labute approximate surface area is 190 Å². The summed E-state index contributed by atoms with van der Waals surface area (Å²) in [6.07, 6.45) is 3.08. The molecule has 1 aliphatic rings. The minimum atomic E-state index is -3.56. The van der Waals surface area contributed by atoms with Crippen molar-refractivity contribution in [3.05, 3.63) is 58.2 Å². The zero-order chi connectivity index (χ0) is 22.2. The normalized spacial score (nSPS) is 18.5. The van der Waals surface area contributed by atoms with Gasteiger partial charge >= 0.3 is 0 Å². The van der Waals surface area contributed by atoms with Gasteiger partial charge in [0.1, 0.15) is 4.21 Å². The van der Waals surface area contributed by atoms with Crippen LogP contribution in [0.1, 0.15) is 24.0 Å². The first kappa shape index (κ1) is 22.1. The van der Waals surface area contributed by atoms with Gasteiger partial charge in [0, 0.05) is 19.6 Å². The number of rotatable bonds is 5. The van der Waals surface area contributed by atoms with Crippen LogP contribution >= 0.6 is 22.7 Å². The number of hydrogen-bond donors (Lipinski definition) is 0. The van der Waals surface area contributed by atoms with Crippen molar-refractivity contribution < 1.29 is 13.2 Å². The van der Waals surface area contributed by atoms with Gasteiger partial charge in [-0.2, -0.15) is 9.30 Å². The Morgan fingerprint density at radius 3 is 2.87 bits per heavy atom. The molecule has 0 radical (unpaired) electrons. The standard InChI is InChI=1S/C22H25N3O3S3/c1-4-9-25-18-13-15(2)12-16(3)20(18)30-22(25)23-21(26)17-7-5-10-24(14-17)31(27,28)19-8-6-11-29-19/h4,6,8,11-13,17H,1,5,7,9-10,14H2,2-3H3. The Kier molecular flexibility index (Phi) is 6.30. The molecule has 1 aliphatic heterocycles. The van der Waals surface area contributed by atoms with E-state index >= 15 is 0 Å². The maximum atomic E-state index is 13.1. The molecule has 0 saturated carbocycles. The van der Waals surface area contributed by atoms with E-state index in [1.54, 1.807) is 23.6 Å². The highest BCUT2D eigenvalue weighted by molar-refractivity contribution is 7.91. The first-order valence-electron chi connectivity index (χ1n) is 10.1. The van der Waals surface area contributed by atoms with Gasteiger partial charge in [-0.05, 0) is 55.3 Å². The summed E-state index contributed by atoms with van der Waals surface area (Å²) in [6.45, 7) is 9.11. The van der Waals surface area contributed by atoms with Crippen molar-refractivity contribution in [3.63, 3.8) is 0 Å². The van der Waals surface area contributed by atoms with Gasteiger partial charge < -0.3 is 4.57 Å². The number of carbonyl (C=O) groups excluding carboxylic acids is 1. The SMILES string of the molecule is C=CCn1c(=NC(=O)C2CCCN(S(=O)(=O)c3cccs3)C2)sc2c(C)cc(C)cc21. The molecule has 1 unspecified atom stereocenters. The van der Waals surface area contributed by atoms with Crippen molar-refractivity contribution in [1.29, 1.82) is 0 Å². The van der Waals surface area contributed by atoms with Crippen LogP contribution in [0.15, 0.2) is 51.5 Å². The lowest BCUT2D eigenvalue weighted by molar-refractivity contribution is -0.122. The van der Waals surface area contributed by atoms with E-state index in [9.17, 15) is 13.2 Å². The first-order chi connectivity index (χ1) is 14.8. The molecule has 1 saturated heterocycles. The molecular formula is C22H25N3O3S3. The number of nitrogens with zero attached hydrogens (tertiary/aromatic N) is 3. The van der Waals surface area contributed by atoms with Crippen molar-refractivity contribution in [2.75, 3.05) is 13.1 Å². The number of aryl methyl sites for hydroxylation is 2. The molecule has 3 heterocycles. The van der Waals surface area contributed by atoms with Crippen LogP contribution in [0, 0.1) is 19.8 Å². The fraction of sp³-hybridized carbons (Fsp3) is 0.364. The predicted octanol–water partition coefficient (Wildman–Crippen LogP) is 4.10. The fourth-order valence-electron chi connectivity index (χ4n) is 3.99. The molecular weight excluding hydrogens is 450 g/mol. The monoisotopic (exact) mass is 475 g/mol. The van der Waals surface area contributed by atoms with Gasteiger partial charge in [0.2, 0.25) is 0 Å². The van der Waals surface area contributed by atoms with Gasteiger partial charge in [-0.15, -0.1) is 17.9 Å². The zero-order valence-electron chi connectivity index (χ0n) is 17.6. The molecule has 0 bridgehead atoms. The highest BCUT2D eigenvalue weighted by Crippen LogP contribution is 2.27. The quantitative estimate of drug-likeness (QED) is 0.522. The summed E-state index contributed by atoms with van der Waals surface area (Å²) in [5, 5.41) is 1.75. The molecule has 1 fully saturated rings. The van der Waals surface area contributed by atoms with Crippen molar-refractivity contribution in [1.82, 2.24) is 8.87 Å². The van der Waals surface area contributed by atoms with Gasteiger partial charge in [-0.25, -0.2) is 8.42 Å². The molecule has 1 amide bonds. The molecule has 31 heavy (non-hydrogen) atoms. The van der Waals surface area contributed by atoms with Crippen LogP contribution in [0.5, 0.6) is 0 Å². The molecule has 0 aliphatic carbocycles. The Morgan fingerprint density at radius 2 is 2.16 bits per heavy atom. The number of piperidine rings is 1. The molecule has 164 valence electrons. The summed E-state index contributed by atoms with van der Waals surface area (Å²) in [6, 6.07) is 7.55. The topological polar surface area (TPSA) is 71.7 Å². The Morgan fingerprint density at radius 1 is 1.35 bits per heavy atom. The maximum absolute atomic E-state index is 13.1. The molecule has 2 aromatic heterocycles. The Hall–Kier alpha value is -2.07. The summed E-state index contributed by atoms with van der Waals surface area (Å²) in [4.78, 5) is 18.2. The second kappa shape index (κ2) is 8.82. The predicted molar refractivity (Wildman–Crippen MR) is 126 cm³/mol. The number of hydrogen-bond acceptors (Lipinski definition) is 5. The van der Waals surface area contributed by atoms with Gasteiger partial charge in [-0.3, -0.25) is 4.79 Å². The van der Waals surface area contributed by atoms with E-state index in [4.69, 9.17) is 0 Å². The second-order valence-corrected chi connectivity index (χ2v) is 11.9. The first-order valence-corrected chi connectivity index (χ1v) is 13.3. The number of fused-ring (bicyclic) bond motifs is 1. The number of benzene rings is 1. The van der Waals surface area contributed by atoms with E-state index in [0.29, 0.717) is 34.9 Å². The van der Waals surface area contributed by atoms with E-state index in [1.165, 1.54) is 27.0 Å². The lowest BCUT2D eigenvalue weighted by Crippen LogP contribution is -2.42. The maximum Gasteiger partial charge on any atom is 0.252 e. The molecule has 0 spiro atoms. The van der Waals surface area contributed by atoms with E-state index < -0.39 is 15.9 Å². The van der Waals surface area contributed by atoms with E-state index in [1.807, 2.05) is 4.57 Å². The van der Waals surface area contributed by atoms with Gasteiger partial charge in [-0.1, -0.05) is 29.5 Å². The molecule has 1 atom stereocenters. The van der Waals surface area contributed by atoms with Crippen molar-refractivity contribution >= 4 is 48.8 Å². The molecule has 9 heteroatoms. The Bertz CT molecular complexity index is 1300. The van der Waals surface area contributed by atoms with Crippen LogP contribution < -0.4 is 4.80 Å². The minimum absolute atomic E-state index is 0.174.